The number of anilines is 1. The molecule has 2 heterocycles. The van der Waals surface area contributed by atoms with Crippen molar-refractivity contribution in [2.75, 3.05) is 31.6 Å². The molecule has 6 nitrogen and oxygen atoms in total. The molecule has 1 aliphatic carbocycles. The van der Waals surface area contributed by atoms with E-state index >= 15 is 0 Å². The van der Waals surface area contributed by atoms with Gasteiger partial charge in [0, 0.05) is 56.9 Å². The molecule has 2 fully saturated rings. The molecule has 4 rings (SSSR count). The Morgan fingerprint density at radius 2 is 2.07 bits per heavy atom. The molecule has 1 saturated carbocycles. The third kappa shape index (κ3) is 5.42. The maximum atomic E-state index is 12.6. The number of likely N-dealkylation sites (tertiary alicyclic amines) is 1. The average Bonchev–Trinajstić information content (AvgIpc) is 3.35. The molecular formula is C22H34IN5O. The molecule has 2 atom stereocenters. The molecule has 0 bridgehead atoms. The van der Waals surface area contributed by atoms with Crippen LogP contribution in [0.25, 0.3) is 0 Å². The molecule has 3 aliphatic rings. The van der Waals surface area contributed by atoms with Gasteiger partial charge in [0.25, 0.3) is 0 Å². The number of nitrogens with zero attached hydrogens (tertiary/aromatic N) is 3. The van der Waals surface area contributed by atoms with E-state index in [9.17, 15) is 4.79 Å². The minimum Gasteiger partial charge on any atom is -0.356 e. The van der Waals surface area contributed by atoms with Crippen LogP contribution >= 0.6 is 24.0 Å². The molecule has 2 unspecified atom stereocenters. The zero-order chi connectivity index (χ0) is 19.5. The van der Waals surface area contributed by atoms with E-state index in [0.29, 0.717) is 18.5 Å². The van der Waals surface area contributed by atoms with Crippen LogP contribution in [0.2, 0.25) is 0 Å². The highest BCUT2D eigenvalue weighted by molar-refractivity contribution is 14.0. The average molecular weight is 511 g/mol. The summed E-state index contributed by atoms with van der Waals surface area (Å²) in [5.74, 6) is 1.08. The maximum Gasteiger partial charge on any atom is 0.227 e. The van der Waals surface area contributed by atoms with Crippen LogP contribution in [-0.2, 0) is 11.2 Å². The van der Waals surface area contributed by atoms with Crippen LogP contribution in [0.3, 0.4) is 0 Å². The van der Waals surface area contributed by atoms with E-state index in [0.717, 1.165) is 50.2 Å². The van der Waals surface area contributed by atoms with E-state index in [1.54, 1.807) is 0 Å². The Labute approximate surface area is 191 Å². The summed E-state index contributed by atoms with van der Waals surface area (Å²) in [5, 5.41) is 6.95. The summed E-state index contributed by atoms with van der Waals surface area (Å²) in [6.45, 7) is 5.01. The molecule has 2 N–H and O–H groups in total. The first kappa shape index (κ1) is 22.3. The fraction of sp³-hybridized carbons (Fsp3) is 0.636. The quantitative estimate of drug-likeness (QED) is 0.267. The fourth-order valence-corrected chi connectivity index (χ4v) is 4.64. The van der Waals surface area contributed by atoms with E-state index in [4.69, 9.17) is 0 Å². The van der Waals surface area contributed by atoms with Gasteiger partial charge in [-0.1, -0.05) is 18.2 Å². The predicted molar refractivity (Wildman–Crippen MR) is 129 cm³/mol. The van der Waals surface area contributed by atoms with Crippen molar-refractivity contribution in [3.05, 3.63) is 29.8 Å². The number of guanidine groups is 1. The summed E-state index contributed by atoms with van der Waals surface area (Å²) in [4.78, 5) is 21.5. The van der Waals surface area contributed by atoms with Crippen LogP contribution < -0.4 is 15.5 Å². The normalized spacial score (nSPS) is 24.2. The highest BCUT2D eigenvalue weighted by Gasteiger charge is 2.38. The number of carbonyl (C=O) groups is 1. The number of aliphatic imine (C=N–C) groups is 1. The number of fused-ring (bicyclic) bond motifs is 1. The second-order valence-electron chi connectivity index (χ2n) is 8.38. The number of rotatable bonds is 6. The number of benzene rings is 1. The number of hydrogen-bond donors (Lipinski definition) is 2. The highest BCUT2D eigenvalue weighted by atomic mass is 127. The number of hydrogen-bond acceptors (Lipinski definition) is 3. The van der Waals surface area contributed by atoms with Crippen LogP contribution in [0, 0.1) is 0 Å². The Morgan fingerprint density at radius 1 is 1.28 bits per heavy atom. The summed E-state index contributed by atoms with van der Waals surface area (Å²) in [7, 11) is 1.82. The predicted octanol–water partition coefficient (Wildman–Crippen LogP) is 2.76. The molecule has 1 aromatic rings. The largest absolute Gasteiger partial charge is 0.356 e. The highest BCUT2D eigenvalue weighted by Crippen LogP contribution is 2.33. The number of para-hydroxylation sites is 1. The van der Waals surface area contributed by atoms with E-state index in [1.165, 1.54) is 24.8 Å². The van der Waals surface area contributed by atoms with Crippen LogP contribution in [0.4, 0.5) is 5.69 Å². The molecule has 29 heavy (non-hydrogen) atoms. The lowest BCUT2D eigenvalue weighted by Gasteiger charge is -2.20. The standard InChI is InChI=1S/C22H33N5O.HI/c1-16-14-18(15-27(16)19-9-10-19)25-22(23-2)24-12-5-8-21(28)26-13-11-17-6-3-4-7-20(17)26;/h3-4,6-7,16,18-19H,5,8-15H2,1-2H3,(H2,23,24,25);1H. The van der Waals surface area contributed by atoms with Gasteiger partial charge in [0.2, 0.25) is 5.91 Å². The maximum absolute atomic E-state index is 12.6. The molecule has 2 aliphatic heterocycles. The molecule has 0 radical (unpaired) electrons. The Bertz CT molecular complexity index is 736. The van der Waals surface area contributed by atoms with Crippen molar-refractivity contribution in [1.82, 2.24) is 15.5 Å². The van der Waals surface area contributed by atoms with Crippen LogP contribution in [0.15, 0.2) is 29.3 Å². The van der Waals surface area contributed by atoms with Crippen molar-refractivity contribution in [1.29, 1.82) is 0 Å². The smallest absolute Gasteiger partial charge is 0.227 e. The Morgan fingerprint density at radius 3 is 2.83 bits per heavy atom. The monoisotopic (exact) mass is 511 g/mol. The molecule has 1 aromatic carbocycles. The molecule has 0 spiro atoms. The molecule has 7 heteroatoms. The van der Waals surface area contributed by atoms with Crippen molar-refractivity contribution in [3.63, 3.8) is 0 Å². The third-order valence-electron chi connectivity index (χ3n) is 6.25. The minimum atomic E-state index is 0. The number of nitrogens with one attached hydrogen (secondary N) is 2. The van der Waals surface area contributed by atoms with Crippen molar-refractivity contribution >= 4 is 41.5 Å². The SMILES string of the molecule is CN=C(NCCCC(=O)N1CCc2ccccc21)NC1CC(C)N(C2CC2)C1.I. The van der Waals surface area contributed by atoms with Gasteiger partial charge in [-0.3, -0.25) is 14.7 Å². The van der Waals surface area contributed by atoms with Gasteiger partial charge in [-0.05, 0) is 50.7 Å². The van der Waals surface area contributed by atoms with Crippen molar-refractivity contribution in [2.24, 2.45) is 4.99 Å². The number of halogens is 1. The number of carbonyl (C=O) groups excluding carboxylic acids is 1. The Kier molecular flexibility index (Phi) is 7.79. The molecular weight excluding hydrogens is 477 g/mol. The van der Waals surface area contributed by atoms with Gasteiger partial charge < -0.3 is 15.5 Å². The first-order chi connectivity index (χ1) is 13.7. The van der Waals surface area contributed by atoms with E-state index < -0.39 is 0 Å². The van der Waals surface area contributed by atoms with Gasteiger partial charge in [-0.25, -0.2) is 0 Å². The van der Waals surface area contributed by atoms with Gasteiger partial charge in [-0.2, -0.15) is 0 Å². The third-order valence-corrected chi connectivity index (χ3v) is 6.25. The summed E-state index contributed by atoms with van der Waals surface area (Å²) < 4.78 is 0. The van der Waals surface area contributed by atoms with Crippen molar-refractivity contribution in [2.45, 2.75) is 63.6 Å². The zero-order valence-corrected chi connectivity index (χ0v) is 19.9. The van der Waals surface area contributed by atoms with E-state index in [1.807, 2.05) is 24.1 Å². The van der Waals surface area contributed by atoms with Crippen LogP contribution in [-0.4, -0.2) is 61.6 Å². The summed E-state index contributed by atoms with van der Waals surface area (Å²) in [5.41, 5.74) is 2.37. The van der Waals surface area contributed by atoms with E-state index in [2.05, 4.69) is 39.6 Å². The molecule has 1 amide bonds. The van der Waals surface area contributed by atoms with Gasteiger partial charge in [0.05, 0.1) is 0 Å². The molecule has 160 valence electrons. The summed E-state index contributed by atoms with van der Waals surface area (Å²) >= 11 is 0. The fourth-order valence-electron chi connectivity index (χ4n) is 4.64. The van der Waals surface area contributed by atoms with Crippen LogP contribution in [0.5, 0.6) is 0 Å². The second kappa shape index (κ2) is 10.1. The van der Waals surface area contributed by atoms with Gasteiger partial charge in [0.15, 0.2) is 5.96 Å². The first-order valence-corrected chi connectivity index (χ1v) is 10.8. The lowest BCUT2D eigenvalue weighted by molar-refractivity contribution is -0.118. The number of amides is 1. The van der Waals surface area contributed by atoms with Crippen molar-refractivity contribution < 1.29 is 4.79 Å². The second-order valence-corrected chi connectivity index (χ2v) is 8.38. The van der Waals surface area contributed by atoms with E-state index in [-0.39, 0.29) is 29.9 Å². The molecule has 1 saturated heterocycles. The lowest BCUT2D eigenvalue weighted by Crippen LogP contribution is -2.45. The van der Waals surface area contributed by atoms with Gasteiger partial charge in [-0.15, -0.1) is 24.0 Å². The zero-order valence-electron chi connectivity index (χ0n) is 17.6. The van der Waals surface area contributed by atoms with Crippen molar-refractivity contribution in [3.8, 4) is 0 Å². The topological polar surface area (TPSA) is 60.0 Å². The Balaban J connectivity index is 0.00000240. The minimum absolute atomic E-state index is 0. The van der Waals surface area contributed by atoms with Gasteiger partial charge >= 0.3 is 0 Å². The molecule has 0 aromatic heterocycles. The summed E-state index contributed by atoms with van der Waals surface area (Å²) in [6.07, 6.45) is 6.24. The van der Waals surface area contributed by atoms with Gasteiger partial charge in [0.1, 0.15) is 0 Å². The van der Waals surface area contributed by atoms with Crippen LogP contribution in [0.1, 0.15) is 44.6 Å². The first-order valence-electron chi connectivity index (χ1n) is 10.8. The summed E-state index contributed by atoms with van der Waals surface area (Å²) in [6, 6.07) is 10.2. The lowest BCUT2D eigenvalue weighted by atomic mass is 10.2. The Hall–Kier alpha value is -1.35.